The molecule has 3 nitrogen and oxygen atoms in total. The Bertz CT molecular complexity index is 670. The maximum Gasteiger partial charge on any atom is 0.407 e. The molecule has 0 radical (unpaired) electrons. The van der Waals surface area contributed by atoms with Gasteiger partial charge in [0, 0.05) is 12.3 Å². The number of amides is 1. The zero-order valence-corrected chi connectivity index (χ0v) is 12.5. The molecule has 1 N–H and O–H groups in total. The minimum atomic E-state index is -0.392. The first-order valence-corrected chi connectivity index (χ1v) is 7.63. The molecule has 0 bridgehead atoms. The number of hydrogen-bond donors (Lipinski definition) is 2. The van der Waals surface area contributed by atoms with Crippen molar-refractivity contribution < 1.29 is 9.53 Å². The van der Waals surface area contributed by atoms with Crippen molar-refractivity contribution in [2.24, 2.45) is 0 Å². The van der Waals surface area contributed by atoms with Gasteiger partial charge in [-0.1, -0.05) is 42.5 Å². The highest BCUT2D eigenvalue weighted by Crippen LogP contribution is 2.38. The van der Waals surface area contributed by atoms with Gasteiger partial charge in [-0.25, -0.2) is 4.79 Å². The number of ether oxygens (including phenoxy) is 1. The molecule has 1 aliphatic carbocycles. The summed E-state index contributed by atoms with van der Waals surface area (Å²) in [6, 6.07) is 14.6. The number of hydrogen-bond acceptors (Lipinski definition) is 3. The first-order chi connectivity index (χ1) is 10.3. The maximum absolute atomic E-state index is 11.5. The van der Waals surface area contributed by atoms with E-state index in [1.165, 1.54) is 22.3 Å². The summed E-state index contributed by atoms with van der Waals surface area (Å²) in [5.74, 6) is 0.602. The third kappa shape index (κ3) is 2.90. The third-order valence-electron chi connectivity index (χ3n) is 3.69. The van der Waals surface area contributed by atoms with Crippen LogP contribution < -0.4 is 5.32 Å². The van der Waals surface area contributed by atoms with Gasteiger partial charge in [-0.2, -0.15) is 12.6 Å². The van der Waals surface area contributed by atoms with Crippen LogP contribution in [0.15, 0.2) is 42.5 Å². The second-order valence-corrected chi connectivity index (χ2v) is 5.45. The summed E-state index contributed by atoms with van der Waals surface area (Å²) in [6.45, 7) is 0.815. The van der Waals surface area contributed by atoms with Crippen LogP contribution in [0.1, 0.15) is 16.7 Å². The van der Waals surface area contributed by atoms with Crippen molar-refractivity contribution in [2.75, 3.05) is 12.3 Å². The molecule has 108 valence electrons. The normalized spacial score (nSPS) is 11.7. The van der Waals surface area contributed by atoms with E-state index >= 15 is 0 Å². The van der Waals surface area contributed by atoms with Crippen molar-refractivity contribution in [3.05, 3.63) is 59.2 Å². The highest BCUT2D eigenvalue weighted by Gasteiger charge is 2.20. The van der Waals surface area contributed by atoms with Crippen LogP contribution in [0.2, 0.25) is 0 Å². The number of alkyl carbamates (subject to hydrolysis) is 1. The molecule has 1 aliphatic rings. The SMILES string of the molecule is O=C(NCCS)OCc1cccc2c1Cc1ccccc1-2. The van der Waals surface area contributed by atoms with E-state index in [4.69, 9.17) is 4.74 Å². The number of nitrogens with one attached hydrogen (secondary N) is 1. The fourth-order valence-corrected chi connectivity index (χ4v) is 2.82. The molecule has 0 saturated carbocycles. The van der Waals surface area contributed by atoms with E-state index in [0.717, 1.165) is 12.0 Å². The Labute approximate surface area is 129 Å². The van der Waals surface area contributed by atoms with Crippen molar-refractivity contribution in [2.45, 2.75) is 13.0 Å². The average molecular weight is 299 g/mol. The van der Waals surface area contributed by atoms with Gasteiger partial charge in [0.15, 0.2) is 0 Å². The molecule has 0 aliphatic heterocycles. The Balaban J connectivity index is 1.76. The molecule has 2 aromatic carbocycles. The van der Waals surface area contributed by atoms with Gasteiger partial charge in [0.05, 0.1) is 0 Å². The number of thiol groups is 1. The smallest absolute Gasteiger partial charge is 0.407 e. The summed E-state index contributed by atoms with van der Waals surface area (Å²) < 4.78 is 5.27. The molecule has 0 saturated heterocycles. The molecule has 2 aromatic rings. The van der Waals surface area contributed by atoms with Crippen molar-refractivity contribution in [3.63, 3.8) is 0 Å². The number of fused-ring (bicyclic) bond motifs is 3. The first-order valence-electron chi connectivity index (χ1n) is 7.00. The highest BCUT2D eigenvalue weighted by atomic mass is 32.1. The Morgan fingerprint density at radius 1 is 1.14 bits per heavy atom. The van der Waals surface area contributed by atoms with Crippen LogP contribution in [0.4, 0.5) is 4.79 Å². The molecule has 4 heteroatoms. The molecular weight excluding hydrogens is 282 g/mol. The van der Waals surface area contributed by atoms with Crippen LogP contribution >= 0.6 is 12.6 Å². The molecule has 0 fully saturated rings. The van der Waals surface area contributed by atoms with Gasteiger partial charge < -0.3 is 10.1 Å². The lowest BCUT2D eigenvalue weighted by Crippen LogP contribution is -2.26. The van der Waals surface area contributed by atoms with Gasteiger partial charge in [-0.3, -0.25) is 0 Å². The van der Waals surface area contributed by atoms with Crippen LogP contribution in [0.25, 0.3) is 11.1 Å². The number of rotatable bonds is 4. The molecule has 0 aromatic heterocycles. The minimum Gasteiger partial charge on any atom is -0.445 e. The average Bonchev–Trinajstić information content (AvgIpc) is 2.90. The second-order valence-electron chi connectivity index (χ2n) is 5.00. The number of carbonyl (C=O) groups excluding carboxylic acids is 1. The van der Waals surface area contributed by atoms with E-state index in [2.05, 4.69) is 48.3 Å². The fourth-order valence-electron chi connectivity index (χ4n) is 2.71. The summed E-state index contributed by atoms with van der Waals surface area (Å²) in [7, 11) is 0. The molecule has 3 rings (SSSR count). The Morgan fingerprint density at radius 2 is 1.95 bits per heavy atom. The van der Waals surface area contributed by atoms with E-state index in [1.807, 2.05) is 12.1 Å². The van der Waals surface area contributed by atoms with Crippen molar-refractivity contribution in [3.8, 4) is 11.1 Å². The Hall–Kier alpha value is -1.94. The van der Waals surface area contributed by atoms with E-state index in [0.29, 0.717) is 18.9 Å². The maximum atomic E-state index is 11.5. The highest BCUT2D eigenvalue weighted by molar-refractivity contribution is 7.80. The van der Waals surface area contributed by atoms with Crippen LogP contribution in [0.5, 0.6) is 0 Å². The predicted octanol–water partition coefficient (Wildman–Crippen LogP) is 3.41. The predicted molar refractivity (Wildman–Crippen MR) is 86.7 cm³/mol. The van der Waals surface area contributed by atoms with Gasteiger partial charge in [0.25, 0.3) is 0 Å². The monoisotopic (exact) mass is 299 g/mol. The van der Waals surface area contributed by atoms with Crippen LogP contribution in [0.3, 0.4) is 0 Å². The quantitative estimate of drug-likeness (QED) is 0.725. The summed E-state index contributed by atoms with van der Waals surface area (Å²) in [5.41, 5.74) is 6.21. The van der Waals surface area contributed by atoms with E-state index in [1.54, 1.807) is 0 Å². The van der Waals surface area contributed by atoms with Gasteiger partial charge in [0.2, 0.25) is 0 Å². The molecule has 0 spiro atoms. The molecule has 0 unspecified atom stereocenters. The van der Waals surface area contributed by atoms with Gasteiger partial charge >= 0.3 is 6.09 Å². The van der Waals surface area contributed by atoms with E-state index < -0.39 is 6.09 Å². The van der Waals surface area contributed by atoms with Crippen LogP contribution in [0, 0.1) is 0 Å². The zero-order valence-electron chi connectivity index (χ0n) is 11.6. The molecule has 0 atom stereocenters. The summed E-state index contributed by atoms with van der Waals surface area (Å²) in [6.07, 6.45) is 0.515. The lowest BCUT2D eigenvalue weighted by atomic mass is 10.0. The first kappa shape index (κ1) is 14.0. The van der Waals surface area contributed by atoms with E-state index in [9.17, 15) is 4.79 Å². The Kier molecular flexibility index (Phi) is 4.15. The Morgan fingerprint density at radius 3 is 2.81 bits per heavy atom. The minimum absolute atomic E-state index is 0.301. The topological polar surface area (TPSA) is 38.3 Å². The number of carbonyl (C=O) groups is 1. The standard InChI is InChI=1S/C17H17NO2S/c19-17(18-8-9-21)20-11-13-5-3-7-15-14-6-2-1-4-12(14)10-16(13)15/h1-7,21H,8-11H2,(H,18,19). The lowest BCUT2D eigenvalue weighted by molar-refractivity contribution is 0.140. The largest absolute Gasteiger partial charge is 0.445 e. The van der Waals surface area contributed by atoms with Gasteiger partial charge in [0.1, 0.15) is 6.61 Å². The van der Waals surface area contributed by atoms with Crippen LogP contribution in [-0.2, 0) is 17.8 Å². The van der Waals surface area contributed by atoms with Gasteiger partial charge in [-0.15, -0.1) is 0 Å². The molecule has 21 heavy (non-hydrogen) atoms. The number of benzene rings is 2. The fraction of sp³-hybridized carbons (Fsp3) is 0.235. The van der Waals surface area contributed by atoms with Crippen molar-refractivity contribution in [1.82, 2.24) is 5.32 Å². The van der Waals surface area contributed by atoms with Crippen molar-refractivity contribution >= 4 is 18.7 Å². The van der Waals surface area contributed by atoms with Crippen LogP contribution in [-0.4, -0.2) is 18.4 Å². The zero-order chi connectivity index (χ0) is 14.7. The molecular formula is C17H17NO2S. The summed E-state index contributed by atoms with van der Waals surface area (Å²) in [5, 5.41) is 2.65. The molecule has 1 amide bonds. The molecule has 0 heterocycles. The second kappa shape index (κ2) is 6.22. The lowest BCUT2D eigenvalue weighted by Gasteiger charge is -2.10. The van der Waals surface area contributed by atoms with Gasteiger partial charge in [-0.05, 0) is 34.2 Å². The van der Waals surface area contributed by atoms with Crippen molar-refractivity contribution in [1.29, 1.82) is 0 Å². The third-order valence-corrected chi connectivity index (χ3v) is 3.91. The summed E-state index contributed by atoms with van der Waals surface area (Å²) in [4.78, 5) is 11.5. The van der Waals surface area contributed by atoms with E-state index in [-0.39, 0.29) is 0 Å². The summed E-state index contributed by atoms with van der Waals surface area (Å²) >= 11 is 4.04.